The van der Waals surface area contributed by atoms with E-state index in [4.69, 9.17) is 5.11 Å². The third-order valence-corrected chi connectivity index (χ3v) is 3.12. The third-order valence-electron chi connectivity index (χ3n) is 3.12. The monoisotopic (exact) mass is 281 g/mol. The van der Waals surface area contributed by atoms with Crippen molar-refractivity contribution in [3.8, 4) is 0 Å². The van der Waals surface area contributed by atoms with Crippen LogP contribution >= 0.6 is 0 Å². The fourth-order valence-corrected chi connectivity index (χ4v) is 1.96. The molecule has 0 saturated carbocycles. The number of rotatable bonds is 7. The quantitative estimate of drug-likeness (QED) is 0.744. The zero-order valence-corrected chi connectivity index (χ0v) is 11.8. The number of benzene rings is 2. The number of allylic oxidation sites excluding steroid dienone is 1. The number of carboxylic acids is 1. The average molecular weight is 281 g/mol. The topological polar surface area (TPSA) is 49.3 Å². The Morgan fingerprint density at radius 1 is 1.05 bits per heavy atom. The zero-order valence-electron chi connectivity index (χ0n) is 11.8. The Kier molecular flexibility index (Phi) is 5.59. The van der Waals surface area contributed by atoms with E-state index in [1.54, 1.807) is 12.1 Å². The summed E-state index contributed by atoms with van der Waals surface area (Å²) >= 11 is 0. The predicted molar refractivity (Wildman–Crippen MR) is 86.6 cm³/mol. The summed E-state index contributed by atoms with van der Waals surface area (Å²) in [5.41, 5.74) is 2.49. The molecule has 2 aromatic carbocycles. The summed E-state index contributed by atoms with van der Waals surface area (Å²) < 4.78 is 0. The number of nitrogens with one attached hydrogen (secondary N) is 1. The van der Waals surface area contributed by atoms with E-state index >= 15 is 0 Å². The lowest BCUT2D eigenvalue weighted by Crippen LogP contribution is -2.00. The van der Waals surface area contributed by atoms with E-state index in [0.29, 0.717) is 5.56 Å². The molecule has 2 rings (SSSR count). The van der Waals surface area contributed by atoms with E-state index in [1.165, 1.54) is 0 Å². The van der Waals surface area contributed by atoms with Crippen LogP contribution in [0, 0.1) is 0 Å². The summed E-state index contributed by atoms with van der Waals surface area (Å²) in [4.78, 5) is 10.7. The fourth-order valence-electron chi connectivity index (χ4n) is 1.96. The number of aromatic carboxylic acids is 1. The van der Waals surface area contributed by atoms with Gasteiger partial charge in [0.15, 0.2) is 0 Å². The number of carbonyl (C=O) groups is 1. The molecule has 0 radical (unpaired) electrons. The first-order valence-electron chi connectivity index (χ1n) is 7.04. The molecule has 0 saturated heterocycles. The standard InChI is InChI=1S/C18H19NO2/c20-18(21)16-12-10-15(11-13-16)7-3-2-6-14-19-17-8-4-1-5-9-17/h1,3-5,7-13,19H,2,6,14H2,(H,20,21). The van der Waals surface area contributed by atoms with Gasteiger partial charge < -0.3 is 10.4 Å². The molecule has 0 aliphatic heterocycles. The first kappa shape index (κ1) is 14.9. The predicted octanol–water partition coefficient (Wildman–Crippen LogP) is 4.29. The smallest absolute Gasteiger partial charge is 0.335 e. The van der Waals surface area contributed by atoms with Gasteiger partial charge in [0, 0.05) is 12.2 Å². The second kappa shape index (κ2) is 7.90. The number of hydrogen-bond acceptors (Lipinski definition) is 2. The van der Waals surface area contributed by atoms with Crippen molar-refractivity contribution in [2.45, 2.75) is 12.8 Å². The van der Waals surface area contributed by atoms with E-state index in [9.17, 15) is 4.79 Å². The Bertz CT molecular complexity index is 588. The Hall–Kier alpha value is -2.55. The van der Waals surface area contributed by atoms with Crippen LogP contribution in [0.4, 0.5) is 5.69 Å². The average Bonchev–Trinajstić information content (AvgIpc) is 2.52. The maximum atomic E-state index is 10.7. The molecule has 0 bridgehead atoms. The van der Waals surface area contributed by atoms with Gasteiger partial charge in [0.2, 0.25) is 0 Å². The van der Waals surface area contributed by atoms with Crippen LogP contribution in [-0.2, 0) is 0 Å². The number of anilines is 1. The van der Waals surface area contributed by atoms with Gasteiger partial charge in [0.1, 0.15) is 0 Å². The molecule has 3 heteroatoms. The largest absolute Gasteiger partial charge is 0.478 e. The van der Waals surface area contributed by atoms with E-state index in [1.807, 2.05) is 36.4 Å². The second-order valence-electron chi connectivity index (χ2n) is 4.76. The normalized spacial score (nSPS) is 10.7. The van der Waals surface area contributed by atoms with Crippen molar-refractivity contribution in [3.63, 3.8) is 0 Å². The van der Waals surface area contributed by atoms with Gasteiger partial charge in [-0.25, -0.2) is 4.79 Å². The van der Waals surface area contributed by atoms with Crippen LogP contribution in [-0.4, -0.2) is 17.6 Å². The van der Waals surface area contributed by atoms with E-state index < -0.39 is 5.97 Å². The van der Waals surface area contributed by atoms with Crippen molar-refractivity contribution in [2.75, 3.05) is 11.9 Å². The van der Waals surface area contributed by atoms with Crippen molar-refractivity contribution in [2.24, 2.45) is 0 Å². The highest BCUT2D eigenvalue weighted by Gasteiger charge is 1.99. The summed E-state index contributed by atoms with van der Waals surface area (Å²) in [5.74, 6) is -0.891. The molecule has 108 valence electrons. The van der Waals surface area contributed by atoms with Crippen LogP contribution in [0.1, 0.15) is 28.8 Å². The number of unbranched alkanes of at least 4 members (excludes halogenated alkanes) is 1. The van der Waals surface area contributed by atoms with Crippen LogP contribution in [0.5, 0.6) is 0 Å². The summed E-state index contributed by atoms with van der Waals surface area (Å²) in [7, 11) is 0. The SMILES string of the molecule is O=C(O)c1ccc(C=CCCCNc2ccccc2)cc1. The van der Waals surface area contributed by atoms with Gasteiger partial charge in [-0.15, -0.1) is 0 Å². The second-order valence-corrected chi connectivity index (χ2v) is 4.76. The number of carboxylic acid groups (broad SMARTS) is 1. The van der Waals surface area contributed by atoms with Crippen molar-refractivity contribution in [3.05, 3.63) is 71.8 Å². The molecular formula is C18H19NO2. The molecule has 3 nitrogen and oxygen atoms in total. The molecular weight excluding hydrogens is 262 g/mol. The highest BCUT2D eigenvalue weighted by atomic mass is 16.4. The lowest BCUT2D eigenvalue weighted by molar-refractivity contribution is 0.0697. The molecule has 0 atom stereocenters. The van der Waals surface area contributed by atoms with Gasteiger partial charge in [-0.1, -0.05) is 42.5 Å². The van der Waals surface area contributed by atoms with Crippen LogP contribution < -0.4 is 5.32 Å². The van der Waals surface area contributed by atoms with Crippen LogP contribution in [0.25, 0.3) is 6.08 Å². The summed E-state index contributed by atoms with van der Waals surface area (Å²) in [6.45, 7) is 0.937. The maximum Gasteiger partial charge on any atom is 0.335 e. The zero-order chi connectivity index (χ0) is 14.9. The van der Waals surface area contributed by atoms with Crippen molar-refractivity contribution >= 4 is 17.7 Å². The minimum absolute atomic E-state index is 0.319. The molecule has 0 aliphatic rings. The first-order valence-corrected chi connectivity index (χ1v) is 7.04. The van der Waals surface area contributed by atoms with Crippen molar-refractivity contribution < 1.29 is 9.90 Å². The van der Waals surface area contributed by atoms with E-state index in [2.05, 4.69) is 23.5 Å². The lowest BCUT2D eigenvalue weighted by Gasteiger charge is -2.04. The molecule has 0 unspecified atom stereocenters. The van der Waals surface area contributed by atoms with Gasteiger partial charge >= 0.3 is 5.97 Å². The fraction of sp³-hybridized carbons (Fsp3) is 0.167. The summed E-state index contributed by atoms with van der Waals surface area (Å²) in [6.07, 6.45) is 6.18. The van der Waals surface area contributed by atoms with Gasteiger partial charge in [-0.05, 0) is 42.7 Å². The van der Waals surface area contributed by atoms with Crippen LogP contribution in [0.15, 0.2) is 60.7 Å². The van der Waals surface area contributed by atoms with Gasteiger partial charge in [0.25, 0.3) is 0 Å². The molecule has 0 heterocycles. The molecule has 0 aromatic heterocycles. The highest BCUT2D eigenvalue weighted by molar-refractivity contribution is 5.87. The summed E-state index contributed by atoms with van der Waals surface area (Å²) in [6, 6.07) is 17.0. The van der Waals surface area contributed by atoms with Gasteiger partial charge in [-0.2, -0.15) is 0 Å². The minimum atomic E-state index is -0.891. The van der Waals surface area contributed by atoms with Crippen molar-refractivity contribution in [1.82, 2.24) is 0 Å². The van der Waals surface area contributed by atoms with Crippen LogP contribution in [0.3, 0.4) is 0 Å². The summed E-state index contributed by atoms with van der Waals surface area (Å²) in [5, 5.41) is 12.2. The Morgan fingerprint density at radius 2 is 1.76 bits per heavy atom. The first-order chi connectivity index (χ1) is 10.3. The molecule has 0 amide bonds. The Balaban J connectivity index is 1.69. The van der Waals surface area contributed by atoms with E-state index in [0.717, 1.165) is 30.6 Å². The lowest BCUT2D eigenvalue weighted by atomic mass is 10.1. The molecule has 0 fully saturated rings. The number of para-hydroxylation sites is 1. The van der Waals surface area contributed by atoms with Crippen molar-refractivity contribution in [1.29, 1.82) is 0 Å². The van der Waals surface area contributed by atoms with Crippen LogP contribution in [0.2, 0.25) is 0 Å². The number of hydrogen-bond donors (Lipinski definition) is 2. The molecule has 2 N–H and O–H groups in total. The highest BCUT2D eigenvalue weighted by Crippen LogP contribution is 2.08. The van der Waals surface area contributed by atoms with E-state index in [-0.39, 0.29) is 0 Å². The molecule has 21 heavy (non-hydrogen) atoms. The molecule has 0 aliphatic carbocycles. The molecule has 0 spiro atoms. The Labute approximate surface area is 124 Å². The Morgan fingerprint density at radius 3 is 2.43 bits per heavy atom. The van der Waals surface area contributed by atoms with Gasteiger partial charge in [-0.3, -0.25) is 0 Å². The minimum Gasteiger partial charge on any atom is -0.478 e. The molecule has 2 aromatic rings. The maximum absolute atomic E-state index is 10.7. The third kappa shape index (κ3) is 5.15. The van der Waals surface area contributed by atoms with Gasteiger partial charge in [0.05, 0.1) is 5.56 Å².